The zero-order valence-electron chi connectivity index (χ0n) is 10.7. The van der Waals surface area contributed by atoms with Gasteiger partial charge in [-0.2, -0.15) is 4.40 Å². The van der Waals surface area contributed by atoms with Crippen molar-refractivity contribution in [2.75, 3.05) is 0 Å². The fraction of sp³-hybridized carbons (Fsp3) is 0.118. The van der Waals surface area contributed by atoms with E-state index in [2.05, 4.69) is 78.9 Å². The fourth-order valence-corrected chi connectivity index (χ4v) is 2.52. The van der Waals surface area contributed by atoms with Crippen LogP contribution < -0.4 is 4.40 Å². The molecule has 3 aromatic rings. The van der Waals surface area contributed by atoms with Crippen molar-refractivity contribution in [2.45, 2.75) is 13.8 Å². The molecule has 2 heterocycles. The van der Waals surface area contributed by atoms with E-state index < -0.39 is 0 Å². The summed E-state index contributed by atoms with van der Waals surface area (Å²) in [6.45, 7) is 4.30. The van der Waals surface area contributed by atoms with Crippen LogP contribution in [0.3, 0.4) is 0 Å². The van der Waals surface area contributed by atoms with E-state index >= 15 is 0 Å². The van der Waals surface area contributed by atoms with Gasteiger partial charge in [-0.15, -0.1) is 0 Å². The summed E-state index contributed by atoms with van der Waals surface area (Å²) in [7, 11) is 0. The highest BCUT2D eigenvalue weighted by Crippen LogP contribution is 2.20. The van der Waals surface area contributed by atoms with Crippen LogP contribution in [0.25, 0.3) is 16.6 Å². The van der Waals surface area contributed by atoms with Crippen LogP contribution in [-0.2, 0) is 0 Å². The largest absolute Gasteiger partial charge is 0.211 e. The van der Waals surface area contributed by atoms with Crippen LogP contribution in [-0.4, -0.2) is 0 Å². The predicted molar refractivity (Wildman–Crippen MR) is 74.5 cm³/mol. The molecule has 0 amide bonds. The van der Waals surface area contributed by atoms with E-state index in [1.165, 1.54) is 28.0 Å². The van der Waals surface area contributed by atoms with Gasteiger partial charge in [0, 0.05) is 38.1 Å². The van der Waals surface area contributed by atoms with Gasteiger partial charge in [0.05, 0.1) is 0 Å². The molecule has 0 unspecified atom stereocenters. The Kier molecular flexibility index (Phi) is 2.60. The van der Waals surface area contributed by atoms with Crippen LogP contribution >= 0.6 is 0 Å². The quantitative estimate of drug-likeness (QED) is 0.565. The molecular weight excluding hydrogens is 218 g/mol. The number of hydrogen-bond donors (Lipinski definition) is 0. The van der Waals surface area contributed by atoms with Gasteiger partial charge < -0.3 is 0 Å². The number of benzene rings is 1. The molecular formula is C17H16N+. The highest BCUT2D eigenvalue weighted by Gasteiger charge is 2.11. The van der Waals surface area contributed by atoms with Crippen molar-refractivity contribution in [3.05, 3.63) is 72.1 Å². The Bertz CT molecular complexity index is 699. The molecule has 0 N–H and O–H groups in total. The molecule has 88 valence electrons. The van der Waals surface area contributed by atoms with Gasteiger partial charge in [0.1, 0.15) is 0 Å². The van der Waals surface area contributed by atoms with Crippen LogP contribution in [0.1, 0.15) is 11.4 Å². The summed E-state index contributed by atoms with van der Waals surface area (Å²) in [5.41, 5.74) is 6.33. The molecule has 0 atom stereocenters. The number of hydrogen-bond acceptors (Lipinski definition) is 0. The number of nitrogens with zero attached hydrogens (tertiary/aromatic N) is 1. The van der Waals surface area contributed by atoms with Gasteiger partial charge in [0.25, 0.3) is 0 Å². The predicted octanol–water partition coefficient (Wildman–Crippen LogP) is 3.71. The molecule has 0 bridgehead atoms. The van der Waals surface area contributed by atoms with Crippen molar-refractivity contribution in [3.8, 4) is 11.1 Å². The topological polar surface area (TPSA) is 4.10 Å². The van der Waals surface area contributed by atoms with Gasteiger partial charge in [0.2, 0.25) is 5.52 Å². The maximum atomic E-state index is 2.28. The van der Waals surface area contributed by atoms with Crippen LogP contribution in [0, 0.1) is 13.8 Å². The molecule has 0 saturated carbocycles. The van der Waals surface area contributed by atoms with E-state index in [-0.39, 0.29) is 0 Å². The SMILES string of the molecule is Cc1cccc2cc(-c3ccccc3)cc(C)[n+]12. The maximum Gasteiger partial charge on any atom is 0.211 e. The molecule has 0 aliphatic heterocycles. The molecule has 0 spiro atoms. The van der Waals surface area contributed by atoms with E-state index in [0.29, 0.717) is 0 Å². The summed E-state index contributed by atoms with van der Waals surface area (Å²) >= 11 is 0. The molecule has 2 aromatic heterocycles. The Morgan fingerprint density at radius 1 is 0.667 bits per heavy atom. The smallest absolute Gasteiger partial charge is 0.162 e. The van der Waals surface area contributed by atoms with Crippen LogP contribution in [0.15, 0.2) is 60.7 Å². The second-order valence-corrected chi connectivity index (χ2v) is 4.68. The lowest BCUT2D eigenvalue weighted by atomic mass is 10.0. The minimum Gasteiger partial charge on any atom is -0.162 e. The first kappa shape index (κ1) is 11.0. The molecule has 1 aromatic carbocycles. The summed E-state index contributed by atoms with van der Waals surface area (Å²) in [6.07, 6.45) is 0. The van der Waals surface area contributed by atoms with Crippen molar-refractivity contribution in [3.63, 3.8) is 0 Å². The Morgan fingerprint density at radius 2 is 1.44 bits per heavy atom. The lowest BCUT2D eigenvalue weighted by Crippen LogP contribution is -2.29. The molecule has 1 nitrogen and oxygen atoms in total. The summed E-state index contributed by atoms with van der Waals surface area (Å²) in [5.74, 6) is 0. The van der Waals surface area contributed by atoms with Crippen LogP contribution in [0.5, 0.6) is 0 Å². The van der Waals surface area contributed by atoms with Crippen molar-refractivity contribution >= 4 is 5.52 Å². The minimum atomic E-state index is 1.24. The van der Waals surface area contributed by atoms with Gasteiger partial charge in [-0.25, -0.2) is 0 Å². The second-order valence-electron chi connectivity index (χ2n) is 4.68. The molecule has 0 saturated heterocycles. The first-order chi connectivity index (χ1) is 8.75. The minimum absolute atomic E-state index is 1.24. The maximum absolute atomic E-state index is 2.28. The number of rotatable bonds is 1. The Labute approximate surface area is 107 Å². The second kappa shape index (κ2) is 4.26. The van der Waals surface area contributed by atoms with E-state index in [9.17, 15) is 0 Å². The van der Waals surface area contributed by atoms with Gasteiger partial charge in [-0.05, 0) is 17.2 Å². The van der Waals surface area contributed by atoms with Crippen molar-refractivity contribution in [1.82, 2.24) is 0 Å². The van der Waals surface area contributed by atoms with Gasteiger partial charge >= 0.3 is 0 Å². The molecule has 3 rings (SSSR count). The monoisotopic (exact) mass is 234 g/mol. The van der Waals surface area contributed by atoms with Gasteiger partial charge in [-0.1, -0.05) is 30.3 Å². The summed E-state index contributed by atoms with van der Waals surface area (Å²) in [6, 6.07) is 21.4. The number of pyridine rings is 2. The number of aromatic nitrogens is 1. The third kappa shape index (κ3) is 1.78. The molecule has 0 aliphatic rings. The number of aryl methyl sites for hydroxylation is 2. The summed E-state index contributed by atoms with van der Waals surface area (Å²) < 4.78 is 2.28. The molecule has 0 radical (unpaired) electrons. The highest BCUT2D eigenvalue weighted by molar-refractivity contribution is 5.67. The third-order valence-electron chi connectivity index (χ3n) is 3.34. The third-order valence-corrected chi connectivity index (χ3v) is 3.34. The van der Waals surface area contributed by atoms with E-state index in [0.717, 1.165) is 0 Å². The summed E-state index contributed by atoms with van der Waals surface area (Å²) in [4.78, 5) is 0. The highest BCUT2D eigenvalue weighted by atomic mass is 14.9. The first-order valence-electron chi connectivity index (χ1n) is 6.23. The molecule has 18 heavy (non-hydrogen) atoms. The van der Waals surface area contributed by atoms with E-state index in [1.54, 1.807) is 0 Å². The zero-order chi connectivity index (χ0) is 12.5. The zero-order valence-corrected chi connectivity index (χ0v) is 10.7. The van der Waals surface area contributed by atoms with Crippen LogP contribution in [0.4, 0.5) is 0 Å². The molecule has 0 fully saturated rings. The molecule has 0 aliphatic carbocycles. The Morgan fingerprint density at radius 3 is 2.22 bits per heavy atom. The average molecular weight is 234 g/mol. The average Bonchev–Trinajstić information content (AvgIpc) is 2.39. The molecule has 1 heteroatoms. The van der Waals surface area contributed by atoms with Crippen LogP contribution in [0.2, 0.25) is 0 Å². The normalized spacial score (nSPS) is 10.8. The Hall–Kier alpha value is -2.15. The van der Waals surface area contributed by atoms with E-state index in [4.69, 9.17) is 0 Å². The summed E-state index contributed by atoms with van der Waals surface area (Å²) in [5, 5.41) is 0. The standard InChI is InChI=1S/C17H16N/c1-13-7-6-10-17-12-16(11-14(2)18(13)17)15-8-4-3-5-9-15/h3-12H,1-2H3/q+1. The van der Waals surface area contributed by atoms with Crippen molar-refractivity contribution in [1.29, 1.82) is 0 Å². The first-order valence-corrected chi connectivity index (χ1v) is 6.23. The van der Waals surface area contributed by atoms with Crippen molar-refractivity contribution < 1.29 is 4.40 Å². The Balaban J connectivity index is 2.29. The van der Waals surface area contributed by atoms with Gasteiger partial charge in [-0.3, -0.25) is 0 Å². The fourth-order valence-electron chi connectivity index (χ4n) is 2.52. The lowest BCUT2D eigenvalue weighted by molar-refractivity contribution is -0.527. The lowest BCUT2D eigenvalue weighted by Gasteiger charge is -2.04. The van der Waals surface area contributed by atoms with Crippen molar-refractivity contribution in [2.24, 2.45) is 0 Å². The van der Waals surface area contributed by atoms with E-state index in [1.807, 2.05) is 0 Å². The number of fused-ring (bicyclic) bond motifs is 1. The van der Waals surface area contributed by atoms with Gasteiger partial charge in [0.15, 0.2) is 11.4 Å².